The fourth-order valence-electron chi connectivity index (χ4n) is 3.70. The van der Waals surface area contributed by atoms with Crippen molar-refractivity contribution in [2.24, 2.45) is 0 Å². The van der Waals surface area contributed by atoms with E-state index in [2.05, 4.69) is 28.0 Å². The molecule has 0 unspecified atom stereocenters. The zero-order chi connectivity index (χ0) is 21.1. The van der Waals surface area contributed by atoms with Gasteiger partial charge in [-0.3, -0.25) is 14.8 Å². The molecule has 3 aromatic rings. The predicted octanol–water partition coefficient (Wildman–Crippen LogP) is 4.78. The van der Waals surface area contributed by atoms with Gasteiger partial charge in [-0.2, -0.15) is 5.26 Å². The molecule has 154 valence electrons. The van der Waals surface area contributed by atoms with Crippen LogP contribution in [0.3, 0.4) is 0 Å². The number of nitrogens with zero attached hydrogens (tertiary/aromatic N) is 4. The van der Waals surface area contributed by atoms with E-state index in [1.807, 2.05) is 30.3 Å². The smallest absolute Gasteiger partial charge is 0.215 e. The van der Waals surface area contributed by atoms with Gasteiger partial charge >= 0.3 is 0 Å². The molecule has 0 atom stereocenters. The number of nitrogens with two attached hydrogens (primary N) is 1. The summed E-state index contributed by atoms with van der Waals surface area (Å²) < 4.78 is 0. The predicted molar refractivity (Wildman–Crippen MR) is 123 cm³/mol. The highest BCUT2D eigenvalue weighted by molar-refractivity contribution is 7.21. The van der Waals surface area contributed by atoms with E-state index < -0.39 is 0 Å². The third-order valence-corrected chi connectivity index (χ3v) is 7.52. The van der Waals surface area contributed by atoms with Crippen molar-refractivity contribution in [3.05, 3.63) is 51.8 Å². The van der Waals surface area contributed by atoms with Crippen LogP contribution < -0.4 is 10.7 Å². The number of aromatic nitrogens is 1. The number of ketones is 1. The summed E-state index contributed by atoms with van der Waals surface area (Å²) in [6.45, 7) is 4.70. The molecule has 6 nitrogen and oxygen atoms in total. The summed E-state index contributed by atoms with van der Waals surface area (Å²) in [7, 11) is 0. The van der Waals surface area contributed by atoms with E-state index in [1.54, 1.807) is 6.20 Å². The maximum atomic E-state index is 13.3. The standard InChI is InChI=1S/C22H23N5OS2/c1-2-27(26-12-6-3-7-13-26)22-15(14-23)19(24)21(30-22)20(28)18-10-9-17(29-18)16-8-4-5-11-25-16/h4-5,8-11H,2-3,6-7,12-13,24H2,1H3. The molecule has 1 fully saturated rings. The minimum Gasteiger partial charge on any atom is -0.396 e. The van der Waals surface area contributed by atoms with Crippen molar-refractivity contribution < 1.29 is 4.79 Å². The van der Waals surface area contributed by atoms with Crippen molar-refractivity contribution in [2.75, 3.05) is 30.4 Å². The molecule has 1 saturated heterocycles. The quantitative estimate of drug-likeness (QED) is 0.558. The Balaban J connectivity index is 1.67. The van der Waals surface area contributed by atoms with E-state index in [9.17, 15) is 10.1 Å². The summed E-state index contributed by atoms with van der Waals surface area (Å²) in [6, 6.07) is 11.7. The number of carbonyl (C=O) groups excluding carboxylic acids is 1. The highest BCUT2D eigenvalue weighted by atomic mass is 32.1. The van der Waals surface area contributed by atoms with Crippen molar-refractivity contribution >= 4 is 39.1 Å². The maximum Gasteiger partial charge on any atom is 0.215 e. The molecule has 0 spiro atoms. The van der Waals surface area contributed by atoms with Crippen LogP contribution in [0, 0.1) is 11.3 Å². The first-order valence-electron chi connectivity index (χ1n) is 10.0. The molecule has 0 radical (unpaired) electrons. The molecule has 8 heteroatoms. The van der Waals surface area contributed by atoms with Crippen LogP contribution in [0.25, 0.3) is 10.6 Å². The summed E-state index contributed by atoms with van der Waals surface area (Å²) in [5.41, 5.74) is 7.83. The Kier molecular flexibility index (Phi) is 6.13. The average Bonchev–Trinajstić information content (AvgIpc) is 3.40. The number of thiophene rings is 2. The lowest BCUT2D eigenvalue weighted by atomic mass is 10.1. The summed E-state index contributed by atoms with van der Waals surface area (Å²) in [6.07, 6.45) is 5.23. The molecule has 30 heavy (non-hydrogen) atoms. The van der Waals surface area contributed by atoms with Crippen LogP contribution in [0.4, 0.5) is 10.7 Å². The zero-order valence-corrected chi connectivity index (χ0v) is 18.4. The molecule has 0 aliphatic carbocycles. The van der Waals surface area contributed by atoms with Gasteiger partial charge in [0.1, 0.15) is 21.5 Å². The van der Waals surface area contributed by atoms with Gasteiger partial charge in [-0.1, -0.05) is 12.5 Å². The van der Waals surface area contributed by atoms with Crippen molar-refractivity contribution in [3.63, 3.8) is 0 Å². The van der Waals surface area contributed by atoms with Gasteiger partial charge in [0.2, 0.25) is 5.78 Å². The molecule has 4 heterocycles. The van der Waals surface area contributed by atoms with E-state index in [0.717, 1.165) is 48.0 Å². The third-order valence-electron chi connectivity index (χ3n) is 5.20. The van der Waals surface area contributed by atoms with E-state index >= 15 is 0 Å². The number of anilines is 2. The van der Waals surface area contributed by atoms with E-state index in [-0.39, 0.29) is 11.5 Å². The molecular weight excluding hydrogens is 414 g/mol. The second-order valence-electron chi connectivity index (χ2n) is 7.07. The van der Waals surface area contributed by atoms with Crippen molar-refractivity contribution in [1.29, 1.82) is 5.26 Å². The van der Waals surface area contributed by atoms with E-state index in [4.69, 9.17) is 5.73 Å². The Morgan fingerprint density at radius 3 is 2.70 bits per heavy atom. The number of carbonyl (C=O) groups is 1. The van der Waals surface area contributed by atoms with Crippen molar-refractivity contribution in [2.45, 2.75) is 26.2 Å². The lowest BCUT2D eigenvalue weighted by Gasteiger charge is -2.37. The summed E-state index contributed by atoms with van der Waals surface area (Å²) in [5.74, 6) is -0.137. The third kappa shape index (κ3) is 3.84. The number of piperidine rings is 1. The number of rotatable bonds is 6. The summed E-state index contributed by atoms with van der Waals surface area (Å²) in [4.78, 5) is 19.6. The van der Waals surface area contributed by atoms with Gasteiger partial charge in [-0.05, 0) is 44.0 Å². The molecule has 3 aromatic heterocycles. The molecule has 0 bridgehead atoms. The Morgan fingerprint density at radius 1 is 1.23 bits per heavy atom. The SMILES string of the molecule is CCN(c1sc(C(=O)c2ccc(-c3ccccn3)s2)c(N)c1C#N)N1CCCCC1. The maximum absolute atomic E-state index is 13.3. The minimum absolute atomic E-state index is 0.137. The zero-order valence-electron chi connectivity index (χ0n) is 16.8. The van der Waals surface area contributed by atoms with Gasteiger partial charge in [-0.15, -0.1) is 22.7 Å². The average molecular weight is 438 g/mol. The Morgan fingerprint density at radius 2 is 2.03 bits per heavy atom. The molecule has 0 saturated carbocycles. The van der Waals surface area contributed by atoms with Gasteiger partial charge in [0.05, 0.1) is 21.1 Å². The first kappa shape index (κ1) is 20.5. The molecular formula is C22H23N5OS2. The highest BCUT2D eigenvalue weighted by Crippen LogP contribution is 2.41. The number of nitriles is 1. The topological polar surface area (TPSA) is 86.2 Å². The van der Waals surface area contributed by atoms with Crippen LogP contribution in [0.15, 0.2) is 36.5 Å². The van der Waals surface area contributed by atoms with Crippen LogP contribution in [-0.4, -0.2) is 35.4 Å². The lowest BCUT2D eigenvalue weighted by Crippen LogP contribution is -2.45. The molecule has 4 rings (SSSR count). The second-order valence-corrected chi connectivity index (χ2v) is 9.16. The molecule has 2 N–H and O–H groups in total. The molecule has 0 amide bonds. The number of nitrogen functional groups attached to an aromatic ring is 1. The van der Waals surface area contributed by atoms with Crippen LogP contribution >= 0.6 is 22.7 Å². The lowest BCUT2D eigenvalue weighted by molar-refractivity contribution is 0.104. The van der Waals surface area contributed by atoms with E-state index in [1.165, 1.54) is 29.1 Å². The van der Waals surface area contributed by atoms with Gasteiger partial charge in [-0.25, -0.2) is 5.01 Å². The van der Waals surface area contributed by atoms with Gasteiger partial charge < -0.3 is 5.73 Å². The van der Waals surface area contributed by atoms with Crippen LogP contribution in [0.2, 0.25) is 0 Å². The Hall–Kier alpha value is -2.73. The fraction of sp³-hybridized carbons (Fsp3) is 0.318. The number of hydrazine groups is 1. The Labute approximate surface area is 184 Å². The normalized spacial score (nSPS) is 14.4. The first-order valence-corrected chi connectivity index (χ1v) is 11.7. The van der Waals surface area contributed by atoms with Gasteiger partial charge in [0, 0.05) is 25.8 Å². The van der Waals surface area contributed by atoms with Gasteiger partial charge in [0.15, 0.2) is 0 Å². The Bertz CT molecular complexity index is 1080. The highest BCUT2D eigenvalue weighted by Gasteiger charge is 2.28. The second kappa shape index (κ2) is 8.96. The monoisotopic (exact) mass is 437 g/mol. The van der Waals surface area contributed by atoms with E-state index in [0.29, 0.717) is 15.3 Å². The van der Waals surface area contributed by atoms with Crippen LogP contribution in [0.5, 0.6) is 0 Å². The van der Waals surface area contributed by atoms with Crippen LogP contribution in [-0.2, 0) is 0 Å². The summed E-state index contributed by atoms with van der Waals surface area (Å²) in [5, 5.41) is 14.9. The molecule has 1 aliphatic rings. The molecule has 1 aliphatic heterocycles. The minimum atomic E-state index is -0.137. The van der Waals surface area contributed by atoms with Gasteiger partial charge in [0.25, 0.3) is 0 Å². The first-order chi connectivity index (χ1) is 14.6. The number of hydrogen-bond donors (Lipinski definition) is 1. The number of pyridine rings is 1. The van der Waals surface area contributed by atoms with Crippen molar-refractivity contribution in [1.82, 2.24) is 9.99 Å². The fourth-order valence-corrected chi connectivity index (χ4v) is 5.91. The molecule has 0 aromatic carbocycles. The van der Waals surface area contributed by atoms with Crippen molar-refractivity contribution in [3.8, 4) is 16.6 Å². The largest absolute Gasteiger partial charge is 0.396 e. The van der Waals surface area contributed by atoms with Crippen LogP contribution in [0.1, 0.15) is 46.3 Å². The number of hydrogen-bond acceptors (Lipinski definition) is 8. The summed E-state index contributed by atoms with van der Waals surface area (Å²) >= 11 is 2.72.